The zero-order valence-corrected chi connectivity index (χ0v) is 8.41. The number of thiophene rings is 2. The van der Waals surface area contributed by atoms with E-state index < -0.39 is 0 Å². The van der Waals surface area contributed by atoms with E-state index in [4.69, 9.17) is 0 Å². The summed E-state index contributed by atoms with van der Waals surface area (Å²) in [4.78, 5) is 0. The summed E-state index contributed by atoms with van der Waals surface area (Å²) in [7, 11) is 0.863. The van der Waals surface area contributed by atoms with Crippen LogP contribution in [0.5, 0.6) is 0 Å². The molecule has 0 nitrogen and oxygen atoms in total. The molecule has 0 N–H and O–H groups in total. The second-order valence-electron chi connectivity index (χ2n) is 2.08. The Morgan fingerprint density at radius 2 is 1.45 bits per heavy atom. The van der Waals surface area contributed by atoms with E-state index in [9.17, 15) is 0 Å². The molecule has 0 saturated heterocycles. The highest BCUT2D eigenvalue weighted by molar-refractivity contribution is 7.27. The molecule has 0 aromatic carbocycles. The number of hydrogen-bond acceptors (Lipinski definition) is 2. The first kappa shape index (κ1) is 7.28. The van der Waals surface area contributed by atoms with Crippen LogP contribution >= 0.6 is 22.7 Å². The van der Waals surface area contributed by atoms with Gasteiger partial charge in [-0.3, -0.25) is 0 Å². The predicted octanol–water partition coefficient (Wildman–Crippen LogP) is 1.46. The summed E-state index contributed by atoms with van der Waals surface area (Å²) in [6.45, 7) is 0. The van der Waals surface area contributed by atoms with Crippen molar-refractivity contribution in [2.45, 2.75) is 0 Å². The molecular formula is C8H6S2Si. The van der Waals surface area contributed by atoms with Crippen molar-refractivity contribution in [3.8, 4) is 0 Å². The summed E-state index contributed by atoms with van der Waals surface area (Å²) in [6, 6.07) is 8.62. The van der Waals surface area contributed by atoms with Crippen LogP contribution in [0.25, 0.3) is 0 Å². The highest BCUT2D eigenvalue weighted by Gasteiger charge is 1.98. The lowest BCUT2D eigenvalue weighted by molar-refractivity contribution is 2.05. The van der Waals surface area contributed by atoms with Gasteiger partial charge in [-0.25, -0.2) is 0 Å². The lowest BCUT2D eigenvalue weighted by Gasteiger charge is -1.87. The summed E-state index contributed by atoms with van der Waals surface area (Å²) in [5.41, 5.74) is 0. The van der Waals surface area contributed by atoms with Crippen LogP contribution < -0.4 is 9.00 Å². The van der Waals surface area contributed by atoms with Crippen molar-refractivity contribution in [3.05, 3.63) is 35.0 Å². The SMILES string of the molecule is c1csc([Si]c2cccs2)c1. The molecule has 0 amide bonds. The molecule has 0 bridgehead atoms. The van der Waals surface area contributed by atoms with Gasteiger partial charge in [0.15, 0.2) is 0 Å². The average molecular weight is 194 g/mol. The molecule has 54 valence electrons. The van der Waals surface area contributed by atoms with Gasteiger partial charge in [0.05, 0.1) is 0 Å². The van der Waals surface area contributed by atoms with Gasteiger partial charge in [0, 0.05) is 0 Å². The van der Waals surface area contributed by atoms with E-state index in [1.165, 1.54) is 9.00 Å². The Morgan fingerprint density at radius 1 is 0.909 bits per heavy atom. The van der Waals surface area contributed by atoms with Crippen LogP contribution in [0.3, 0.4) is 0 Å². The zero-order chi connectivity index (χ0) is 7.52. The van der Waals surface area contributed by atoms with E-state index in [-0.39, 0.29) is 0 Å². The molecule has 0 fully saturated rings. The van der Waals surface area contributed by atoms with E-state index >= 15 is 0 Å². The van der Waals surface area contributed by atoms with E-state index in [2.05, 4.69) is 35.0 Å². The number of hydrogen-bond donors (Lipinski definition) is 0. The second-order valence-corrected chi connectivity index (χ2v) is 6.03. The monoisotopic (exact) mass is 194 g/mol. The molecule has 2 aromatic heterocycles. The molecule has 2 aromatic rings. The molecule has 0 aliphatic heterocycles. The van der Waals surface area contributed by atoms with Crippen LogP contribution in [0.1, 0.15) is 0 Å². The van der Waals surface area contributed by atoms with E-state index in [1.54, 1.807) is 0 Å². The van der Waals surface area contributed by atoms with E-state index in [0.717, 1.165) is 9.52 Å². The molecule has 0 unspecified atom stereocenters. The van der Waals surface area contributed by atoms with Crippen molar-refractivity contribution in [2.75, 3.05) is 0 Å². The molecule has 2 heterocycles. The number of rotatable bonds is 2. The summed E-state index contributed by atoms with van der Waals surface area (Å²) >= 11 is 3.68. The normalized spacial score (nSPS) is 10.2. The van der Waals surface area contributed by atoms with Gasteiger partial charge in [0.25, 0.3) is 0 Å². The molecule has 0 saturated carbocycles. The molecule has 2 rings (SSSR count). The van der Waals surface area contributed by atoms with Crippen LogP contribution in [-0.4, -0.2) is 9.52 Å². The lowest BCUT2D eigenvalue weighted by Crippen LogP contribution is -2.20. The van der Waals surface area contributed by atoms with Gasteiger partial charge in [-0.15, -0.1) is 0 Å². The maximum Gasteiger partial charge on any atom is 0.149 e. The minimum atomic E-state index is 0.863. The van der Waals surface area contributed by atoms with Gasteiger partial charge in [-0.2, -0.15) is 22.7 Å². The Balaban J connectivity index is 2.14. The first-order chi connectivity index (χ1) is 5.45. The smallest absolute Gasteiger partial charge is 0.149 e. The highest BCUT2D eigenvalue weighted by atomic mass is 32.1. The average Bonchev–Trinajstić information content (AvgIpc) is 2.60. The lowest BCUT2D eigenvalue weighted by atomic mass is 10.7. The minimum Gasteiger partial charge on any atom is -0.154 e. The Morgan fingerprint density at radius 3 is 1.82 bits per heavy atom. The van der Waals surface area contributed by atoms with Crippen molar-refractivity contribution in [3.63, 3.8) is 0 Å². The summed E-state index contributed by atoms with van der Waals surface area (Å²) in [6.07, 6.45) is 0. The third kappa shape index (κ3) is 1.80. The maximum absolute atomic E-state index is 2.20. The maximum atomic E-state index is 2.20. The van der Waals surface area contributed by atoms with E-state index in [0.29, 0.717) is 0 Å². The van der Waals surface area contributed by atoms with Gasteiger partial charge in [0.1, 0.15) is 9.52 Å². The molecule has 0 aliphatic carbocycles. The molecule has 3 heteroatoms. The standard InChI is InChI=1S/C8H6S2Si/c1-3-7(9-5-1)11-8-4-2-6-10-8/h1-6H. The summed E-state index contributed by atoms with van der Waals surface area (Å²) in [5.74, 6) is 0. The predicted molar refractivity (Wildman–Crippen MR) is 53.7 cm³/mol. The van der Waals surface area contributed by atoms with Crippen molar-refractivity contribution in [1.82, 2.24) is 0 Å². The van der Waals surface area contributed by atoms with E-state index in [1.807, 2.05) is 22.7 Å². The zero-order valence-electron chi connectivity index (χ0n) is 5.78. The van der Waals surface area contributed by atoms with Crippen molar-refractivity contribution < 1.29 is 0 Å². The Hall–Kier alpha value is -0.383. The fraction of sp³-hybridized carbons (Fsp3) is 0. The van der Waals surface area contributed by atoms with Gasteiger partial charge >= 0.3 is 0 Å². The third-order valence-electron chi connectivity index (χ3n) is 1.29. The van der Waals surface area contributed by atoms with Crippen LogP contribution in [0.15, 0.2) is 35.0 Å². The van der Waals surface area contributed by atoms with Crippen molar-refractivity contribution in [2.24, 2.45) is 0 Å². The Kier molecular flexibility index (Phi) is 2.21. The van der Waals surface area contributed by atoms with Crippen LogP contribution in [0.2, 0.25) is 0 Å². The fourth-order valence-corrected chi connectivity index (χ4v) is 4.08. The van der Waals surface area contributed by atoms with Crippen molar-refractivity contribution >= 4 is 41.2 Å². The first-order valence-electron chi connectivity index (χ1n) is 3.29. The molecule has 0 aliphatic rings. The second kappa shape index (κ2) is 3.34. The molecule has 0 atom stereocenters. The quantitative estimate of drug-likeness (QED) is 0.635. The van der Waals surface area contributed by atoms with Crippen LogP contribution in [-0.2, 0) is 0 Å². The Labute approximate surface area is 76.3 Å². The largest absolute Gasteiger partial charge is 0.154 e. The topological polar surface area (TPSA) is 0 Å². The Bertz CT molecular complexity index is 264. The minimum absolute atomic E-state index is 0.863. The first-order valence-corrected chi connectivity index (χ1v) is 6.05. The molecule has 2 radical (unpaired) electrons. The van der Waals surface area contributed by atoms with Crippen LogP contribution in [0.4, 0.5) is 0 Å². The van der Waals surface area contributed by atoms with Gasteiger partial charge in [0.2, 0.25) is 0 Å². The van der Waals surface area contributed by atoms with Crippen LogP contribution in [0, 0.1) is 0 Å². The summed E-state index contributed by atoms with van der Waals surface area (Å²) < 4.78 is 2.96. The fourth-order valence-electron chi connectivity index (χ4n) is 0.821. The molecule has 0 spiro atoms. The van der Waals surface area contributed by atoms with Crippen molar-refractivity contribution in [1.29, 1.82) is 0 Å². The highest BCUT2D eigenvalue weighted by Crippen LogP contribution is 1.95. The molecular weight excluding hydrogens is 188 g/mol. The van der Waals surface area contributed by atoms with Gasteiger partial charge < -0.3 is 0 Å². The van der Waals surface area contributed by atoms with Gasteiger partial charge in [-0.05, 0) is 19.8 Å². The third-order valence-corrected chi connectivity index (χ3v) is 4.80. The van der Waals surface area contributed by atoms with Gasteiger partial charge in [-0.1, -0.05) is 24.3 Å². The summed E-state index contributed by atoms with van der Waals surface area (Å²) in [5, 5.41) is 4.27. The molecule has 11 heavy (non-hydrogen) atoms.